The summed E-state index contributed by atoms with van der Waals surface area (Å²) in [6.45, 7) is 18.5. The Morgan fingerprint density at radius 3 is 2.15 bits per heavy atom. The quantitative estimate of drug-likeness (QED) is 0.217. The Kier molecular flexibility index (Phi) is 18.3. The summed E-state index contributed by atoms with van der Waals surface area (Å²) in [5.74, 6) is -0.268. The molecule has 226 valence electrons. The van der Waals surface area contributed by atoms with E-state index in [4.69, 9.17) is 21.1 Å². The van der Waals surface area contributed by atoms with Crippen LogP contribution in [0.2, 0.25) is 5.28 Å². The summed E-state index contributed by atoms with van der Waals surface area (Å²) >= 11 is 5.71. The predicted molar refractivity (Wildman–Crippen MR) is 162 cm³/mol. The number of aromatic nitrogens is 2. The summed E-state index contributed by atoms with van der Waals surface area (Å²) in [7, 11) is 1.47. The zero-order valence-corrected chi connectivity index (χ0v) is 26.5. The van der Waals surface area contributed by atoms with E-state index in [1.807, 2.05) is 0 Å². The molecular weight excluding hydrogens is 537 g/mol. The SMILES string of the molecule is C/C=C(\C)C(C)(F)F.C=C(C)c1ccc(COc2nc(Cl)ncc2OC)cc1F.CCC(C)C1CC1.CCCC. The molecule has 1 fully saturated rings. The fraction of sp³-hybridized carbons (Fsp3) is 0.562. The molecule has 3 rings (SSSR count). The molecule has 0 amide bonds. The standard InChI is InChI=1S/C15H14ClFN2O2.C7H14.C6H10F2.C4H10/c1-9(2)11-5-4-10(6-12(11)17)8-21-14-13(20-3)7-18-15(16)19-14;1-3-6(2)7-4-5-7;1-4-5(2)6(3,7)8;1-3-4-2/h4-7H,1,8H2,2-3H3;6-7H,3-5H2,1-2H3;4H,1-3H3;3-4H2,1-2H3/b;;5-4+;. The largest absolute Gasteiger partial charge is 0.490 e. The third kappa shape index (κ3) is 15.3. The van der Waals surface area contributed by atoms with Crippen molar-refractivity contribution < 1.29 is 22.6 Å². The van der Waals surface area contributed by atoms with Crippen LogP contribution >= 0.6 is 11.6 Å². The maximum absolute atomic E-state index is 13.8. The van der Waals surface area contributed by atoms with Crippen molar-refractivity contribution in [1.29, 1.82) is 0 Å². The Morgan fingerprint density at radius 2 is 1.80 bits per heavy atom. The van der Waals surface area contributed by atoms with E-state index < -0.39 is 5.92 Å². The number of rotatable bonds is 9. The van der Waals surface area contributed by atoms with Gasteiger partial charge in [-0.1, -0.05) is 71.7 Å². The van der Waals surface area contributed by atoms with Gasteiger partial charge in [0.25, 0.3) is 11.8 Å². The van der Waals surface area contributed by atoms with Crippen LogP contribution in [-0.2, 0) is 6.61 Å². The van der Waals surface area contributed by atoms with Crippen molar-refractivity contribution >= 4 is 17.2 Å². The lowest BCUT2D eigenvalue weighted by molar-refractivity contribution is 0.0633. The van der Waals surface area contributed by atoms with Gasteiger partial charge < -0.3 is 9.47 Å². The Labute approximate surface area is 245 Å². The first-order valence-corrected chi connectivity index (χ1v) is 14.3. The molecule has 1 saturated carbocycles. The minimum absolute atomic E-state index is 0.0506. The maximum Gasteiger partial charge on any atom is 0.266 e. The van der Waals surface area contributed by atoms with Gasteiger partial charge in [0.15, 0.2) is 5.75 Å². The van der Waals surface area contributed by atoms with Gasteiger partial charge in [0, 0.05) is 12.5 Å². The Bertz CT molecular complexity index is 1050. The topological polar surface area (TPSA) is 44.2 Å². The number of allylic oxidation sites excluding steroid dienone is 3. The number of halogens is 4. The third-order valence-electron chi connectivity index (χ3n) is 6.48. The highest BCUT2D eigenvalue weighted by Gasteiger charge is 2.26. The number of unbranched alkanes of at least 4 members (excludes halogenated alkanes) is 1. The van der Waals surface area contributed by atoms with Crippen molar-refractivity contribution in [3.8, 4) is 11.6 Å². The van der Waals surface area contributed by atoms with Crippen molar-refractivity contribution in [2.24, 2.45) is 11.8 Å². The molecule has 0 spiro atoms. The molecule has 2 aromatic rings. The summed E-state index contributed by atoms with van der Waals surface area (Å²) in [6, 6.07) is 4.84. The third-order valence-corrected chi connectivity index (χ3v) is 6.66. The van der Waals surface area contributed by atoms with Crippen LogP contribution in [0.25, 0.3) is 5.57 Å². The lowest BCUT2D eigenvalue weighted by Crippen LogP contribution is -2.10. The van der Waals surface area contributed by atoms with Gasteiger partial charge >= 0.3 is 0 Å². The van der Waals surface area contributed by atoms with Crippen LogP contribution in [0.4, 0.5) is 13.2 Å². The summed E-state index contributed by atoms with van der Waals surface area (Å²) < 4.78 is 48.5. The van der Waals surface area contributed by atoms with Gasteiger partial charge in [0.05, 0.1) is 13.3 Å². The fourth-order valence-corrected chi connectivity index (χ4v) is 3.10. The van der Waals surface area contributed by atoms with Crippen LogP contribution < -0.4 is 9.47 Å². The highest BCUT2D eigenvalue weighted by molar-refractivity contribution is 6.28. The van der Waals surface area contributed by atoms with Gasteiger partial charge in [-0.25, -0.2) is 18.2 Å². The minimum atomic E-state index is -2.63. The molecule has 0 radical (unpaired) electrons. The zero-order chi connectivity index (χ0) is 30.9. The van der Waals surface area contributed by atoms with Crippen molar-refractivity contribution in [1.82, 2.24) is 9.97 Å². The zero-order valence-electron chi connectivity index (χ0n) is 25.7. The molecular formula is C32H48ClF3N2O2. The number of nitrogens with zero attached hydrogens (tertiary/aromatic N) is 2. The number of ether oxygens (including phenoxy) is 2. The normalized spacial score (nSPS) is 13.4. The first-order chi connectivity index (χ1) is 18.7. The number of methoxy groups -OCH3 is 1. The molecule has 4 nitrogen and oxygen atoms in total. The summed E-state index contributed by atoms with van der Waals surface area (Å²) in [6.07, 6.45) is 9.87. The van der Waals surface area contributed by atoms with Crippen LogP contribution in [0.15, 0.2) is 42.6 Å². The van der Waals surface area contributed by atoms with E-state index in [0.29, 0.717) is 22.4 Å². The van der Waals surface area contributed by atoms with E-state index in [1.54, 1.807) is 26.0 Å². The summed E-state index contributed by atoms with van der Waals surface area (Å²) in [5.41, 5.74) is 1.94. The summed E-state index contributed by atoms with van der Waals surface area (Å²) in [4.78, 5) is 7.72. The number of alkyl halides is 2. The van der Waals surface area contributed by atoms with Crippen LogP contribution in [0.3, 0.4) is 0 Å². The second kappa shape index (κ2) is 19.5. The van der Waals surface area contributed by atoms with Gasteiger partial charge in [-0.2, -0.15) is 4.98 Å². The van der Waals surface area contributed by atoms with E-state index in [2.05, 4.69) is 44.2 Å². The van der Waals surface area contributed by atoms with Gasteiger partial charge in [-0.15, -0.1) is 0 Å². The molecule has 1 aromatic heterocycles. The van der Waals surface area contributed by atoms with Crippen molar-refractivity contribution in [3.63, 3.8) is 0 Å². The van der Waals surface area contributed by atoms with Gasteiger partial charge in [0.2, 0.25) is 5.28 Å². The fourth-order valence-electron chi connectivity index (χ4n) is 2.98. The van der Waals surface area contributed by atoms with Crippen molar-refractivity contribution in [2.45, 2.75) is 100 Å². The maximum atomic E-state index is 13.8. The van der Waals surface area contributed by atoms with Gasteiger partial charge in [0.1, 0.15) is 12.4 Å². The summed E-state index contributed by atoms with van der Waals surface area (Å²) in [5, 5.41) is 0.0506. The number of hydrogen-bond acceptors (Lipinski definition) is 4. The Morgan fingerprint density at radius 1 is 1.20 bits per heavy atom. The van der Waals surface area contributed by atoms with Crippen LogP contribution in [0.1, 0.15) is 98.6 Å². The molecule has 0 bridgehead atoms. The lowest BCUT2D eigenvalue weighted by Gasteiger charge is -2.10. The van der Waals surface area contributed by atoms with Crippen molar-refractivity contribution in [3.05, 3.63) is 64.9 Å². The molecule has 40 heavy (non-hydrogen) atoms. The van der Waals surface area contributed by atoms with E-state index >= 15 is 0 Å². The average Bonchev–Trinajstić information content (AvgIpc) is 3.77. The van der Waals surface area contributed by atoms with Gasteiger partial charge in [-0.05, 0) is 79.8 Å². The molecule has 1 heterocycles. The molecule has 1 atom stereocenters. The van der Waals surface area contributed by atoms with Crippen LogP contribution in [0.5, 0.6) is 11.6 Å². The molecule has 0 N–H and O–H groups in total. The Balaban J connectivity index is 0.000000652. The molecule has 8 heteroatoms. The van der Waals surface area contributed by atoms with Crippen LogP contribution in [0, 0.1) is 17.7 Å². The smallest absolute Gasteiger partial charge is 0.266 e. The monoisotopic (exact) mass is 584 g/mol. The minimum Gasteiger partial charge on any atom is -0.490 e. The second-order valence-corrected chi connectivity index (χ2v) is 10.3. The van der Waals surface area contributed by atoms with Gasteiger partial charge in [-0.3, -0.25) is 0 Å². The van der Waals surface area contributed by atoms with E-state index in [0.717, 1.165) is 18.8 Å². The highest BCUT2D eigenvalue weighted by atomic mass is 35.5. The van der Waals surface area contributed by atoms with Crippen molar-refractivity contribution in [2.75, 3.05) is 7.11 Å². The predicted octanol–water partition coefficient (Wildman–Crippen LogP) is 10.7. The Hall–Kier alpha value is -2.54. The molecule has 1 aliphatic carbocycles. The number of hydrogen-bond donors (Lipinski definition) is 0. The second-order valence-electron chi connectivity index (χ2n) is 9.98. The number of benzene rings is 1. The first kappa shape index (κ1) is 37.5. The lowest BCUT2D eigenvalue weighted by atomic mass is 10.0. The molecule has 1 unspecified atom stereocenters. The molecule has 0 aliphatic heterocycles. The van der Waals surface area contributed by atoms with Crippen LogP contribution in [-0.4, -0.2) is 23.0 Å². The first-order valence-electron chi connectivity index (χ1n) is 13.9. The molecule has 1 aromatic carbocycles. The molecule has 1 aliphatic rings. The highest BCUT2D eigenvalue weighted by Crippen LogP contribution is 2.37. The van der Waals surface area contributed by atoms with E-state index in [1.165, 1.54) is 64.5 Å². The van der Waals surface area contributed by atoms with E-state index in [-0.39, 0.29) is 29.2 Å². The van der Waals surface area contributed by atoms with E-state index in [9.17, 15) is 13.2 Å². The average molecular weight is 585 g/mol. The molecule has 0 saturated heterocycles.